The summed E-state index contributed by atoms with van der Waals surface area (Å²) in [6, 6.07) is -2.42. The van der Waals surface area contributed by atoms with E-state index >= 15 is 0 Å². The van der Waals surface area contributed by atoms with Crippen LogP contribution >= 0.6 is 0 Å². The molecular weight excluding hydrogens is 572 g/mol. The van der Waals surface area contributed by atoms with E-state index in [0.29, 0.717) is 6.29 Å². The van der Waals surface area contributed by atoms with E-state index in [0.717, 1.165) is 16.8 Å². The lowest BCUT2D eigenvalue weighted by molar-refractivity contribution is -0.150. The Morgan fingerprint density at radius 1 is 1.14 bits per heavy atom. The van der Waals surface area contributed by atoms with Crippen molar-refractivity contribution < 1.29 is 44.3 Å². The smallest absolute Gasteiger partial charge is 0.329 e. The summed E-state index contributed by atoms with van der Waals surface area (Å²) in [5.74, 6) is -4.76. The highest BCUT2D eigenvalue weighted by Crippen LogP contribution is 2.31. The van der Waals surface area contributed by atoms with Crippen LogP contribution in [0.3, 0.4) is 0 Å². The van der Waals surface area contributed by atoms with Gasteiger partial charge in [0.05, 0.1) is 17.8 Å². The summed E-state index contributed by atoms with van der Waals surface area (Å²) < 4.78 is 6.25. The first-order chi connectivity index (χ1) is 20.2. The highest BCUT2D eigenvalue weighted by atomic mass is 16.6. The molecule has 2 amide bonds. The number of aliphatic carboxylic acids is 1. The fraction of sp³-hybridized carbons (Fsp3) is 0.538. The normalized spacial score (nSPS) is 23.6. The predicted molar refractivity (Wildman–Crippen MR) is 146 cm³/mol. The van der Waals surface area contributed by atoms with E-state index in [2.05, 4.69) is 20.6 Å². The second-order valence-electron chi connectivity index (χ2n) is 10.8. The maximum atomic E-state index is 13.6. The van der Waals surface area contributed by atoms with Crippen LogP contribution in [-0.2, 0) is 19.1 Å². The zero-order valence-corrected chi connectivity index (χ0v) is 23.5. The van der Waals surface area contributed by atoms with E-state index in [1.807, 2.05) is 13.8 Å². The van der Waals surface area contributed by atoms with Gasteiger partial charge in [-0.25, -0.2) is 9.59 Å². The number of nitrogens with two attached hydrogens (primary N) is 1. The molecule has 1 aliphatic rings. The molecule has 3 rings (SSSR count). The Morgan fingerprint density at radius 2 is 1.81 bits per heavy atom. The second-order valence-corrected chi connectivity index (χ2v) is 10.8. The number of aliphatic hydroxyl groups excluding tert-OH is 3. The topological polar surface area (TPSA) is 279 Å². The van der Waals surface area contributed by atoms with Crippen LogP contribution in [0.15, 0.2) is 34.1 Å². The third-order valence-corrected chi connectivity index (χ3v) is 7.11. The molecule has 1 fully saturated rings. The van der Waals surface area contributed by atoms with Gasteiger partial charge in [0.2, 0.25) is 11.8 Å². The molecule has 236 valence electrons. The number of carboxylic acids is 1. The monoisotopic (exact) mass is 608 g/mol. The van der Waals surface area contributed by atoms with E-state index in [9.17, 15) is 49.2 Å². The molecule has 9 atom stereocenters. The Labute approximate surface area is 244 Å². The molecule has 1 saturated heterocycles. The largest absolute Gasteiger partial charge is 0.480 e. The van der Waals surface area contributed by atoms with E-state index in [1.165, 1.54) is 19.2 Å². The minimum Gasteiger partial charge on any atom is -0.480 e. The number of carbonyl (C=O) groups is 4. The van der Waals surface area contributed by atoms with Gasteiger partial charge in [-0.1, -0.05) is 20.8 Å². The van der Waals surface area contributed by atoms with Crippen LogP contribution in [-0.4, -0.2) is 95.5 Å². The molecule has 10 N–H and O–H groups in total. The van der Waals surface area contributed by atoms with Crippen molar-refractivity contribution in [2.45, 2.75) is 76.0 Å². The zero-order chi connectivity index (χ0) is 32.2. The second kappa shape index (κ2) is 13.9. The van der Waals surface area contributed by atoms with Gasteiger partial charge in [0.25, 0.3) is 0 Å². The molecule has 0 bridgehead atoms. The predicted octanol–water partition coefficient (Wildman–Crippen LogP) is -2.91. The van der Waals surface area contributed by atoms with Gasteiger partial charge in [-0.2, -0.15) is 0 Å². The Kier molecular flexibility index (Phi) is 10.8. The number of imidazole rings is 1. The minimum absolute atomic E-state index is 0.0114. The Morgan fingerprint density at radius 3 is 2.37 bits per heavy atom. The number of rotatable bonds is 13. The van der Waals surface area contributed by atoms with Gasteiger partial charge in [0, 0.05) is 36.1 Å². The number of aromatic nitrogens is 3. The fourth-order valence-electron chi connectivity index (χ4n) is 4.81. The van der Waals surface area contributed by atoms with Crippen LogP contribution in [0.1, 0.15) is 55.7 Å². The van der Waals surface area contributed by atoms with Gasteiger partial charge >= 0.3 is 11.7 Å². The molecule has 0 aliphatic carbocycles. The summed E-state index contributed by atoms with van der Waals surface area (Å²) in [4.78, 5) is 78.7. The number of nitrogens with one attached hydrogen (secondary N) is 4. The van der Waals surface area contributed by atoms with E-state index in [1.54, 1.807) is 0 Å². The van der Waals surface area contributed by atoms with Crippen LogP contribution in [0.4, 0.5) is 0 Å². The number of pyridine rings is 1. The van der Waals surface area contributed by atoms with Crippen LogP contribution in [0.5, 0.6) is 0 Å². The van der Waals surface area contributed by atoms with Crippen molar-refractivity contribution in [1.29, 1.82) is 0 Å². The van der Waals surface area contributed by atoms with Crippen LogP contribution in [0.2, 0.25) is 0 Å². The van der Waals surface area contributed by atoms with Crippen molar-refractivity contribution in [2.24, 2.45) is 17.6 Å². The minimum atomic E-state index is -2.04. The van der Waals surface area contributed by atoms with E-state index in [-0.39, 0.29) is 23.7 Å². The third kappa shape index (κ3) is 7.63. The average Bonchev–Trinajstić information content (AvgIpc) is 3.46. The number of hydrogen-bond acceptors (Lipinski definition) is 11. The molecular formula is C26H36N6O11. The summed E-state index contributed by atoms with van der Waals surface area (Å²) in [5, 5.41) is 46.7. The zero-order valence-electron chi connectivity index (χ0n) is 23.5. The van der Waals surface area contributed by atoms with Crippen molar-refractivity contribution in [3.8, 4) is 0 Å². The first-order valence-corrected chi connectivity index (χ1v) is 13.4. The van der Waals surface area contributed by atoms with Crippen molar-refractivity contribution in [1.82, 2.24) is 25.2 Å². The summed E-state index contributed by atoms with van der Waals surface area (Å²) in [5.41, 5.74) is 4.47. The molecule has 2 aromatic heterocycles. The number of carbonyl (C=O) groups excluding carboxylic acids is 3. The first kappa shape index (κ1) is 33.3. The lowest BCUT2D eigenvalue weighted by atomic mass is 9.91. The number of carboxylic acid groups (broad SMARTS) is 1. The van der Waals surface area contributed by atoms with E-state index < -0.39 is 83.6 Å². The maximum Gasteiger partial charge on any atom is 0.329 e. The number of H-pyrrole nitrogens is 2. The summed E-state index contributed by atoms with van der Waals surface area (Å²) in [6.45, 7) is 5.01. The van der Waals surface area contributed by atoms with Crippen LogP contribution in [0.25, 0.3) is 0 Å². The number of aliphatic hydroxyl groups is 3. The molecule has 1 unspecified atom stereocenters. The lowest BCUT2D eigenvalue weighted by Crippen LogP contribution is -2.60. The van der Waals surface area contributed by atoms with Gasteiger partial charge in [0.1, 0.15) is 24.4 Å². The number of aromatic amines is 2. The van der Waals surface area contributed by atoms with Crippen molar-refractivity contribution in [2.75, 3.05) is 0 Å². The highest BCUT2D eigenvalue weighted by Gasteiger charge is 2.51. The Hall–Kier alpha value is -4.16. The molecule has 1 aliphatic heterocycles. The van der Waals surface area contributed by atoms with Crippen molar-refractivity contribution in [3.63, 3.8) is 0 Å². The number of aldehydes is 1. The average molecular weight is 609 g/mol. The molecule has 3 heterocycles. The Bertz CT molecular complexity index is 1430. The number of ether oxygens (including phenoxy) is 1. The lowest BCUT2D eigenvalue weighted by Gasteiger charge is -2.31. The third-order valence-electron chi connectivity index (χ3n) is 7.11. The molecule has 2 aromatic rings. The number of hydrogen-bond donors (Lipinski definition) is 9. The summed E-state index contributed by atoms with van der Waals surface area (Å²) in [6.07, 6.45) is -5.92. The molecule has 43 heavy (non-hydrogen) atoms. The molecule has 17 nitrogen and oxygen atoms in total. The van der Waals surface area contributed by atoms with Crippen LogP contribution < -0.4 is 27.5 Å². The first-order valence-electron chi connectivity index (χ1n) is 13.4. The summed E-state index contributed by atoms with van der Waals surface area (Å²) >= 11 is 0. The fourth-order valence-corrected chi connectivity index (χ4v) is 4.81. The highest BCUT2D eigenvalue weighted by molar-refractivity contribution is 5.92. The SMILES string of the molecule is CC(C)C[C@H](N)C(=O)N[C@H](C(=O)N[C@@H](C(=O)O)[C@H]1OC(n2cc(C=O)[nH]c2=O)[C@H](O)[C@@H]1O)[C@H](C)[C@H](O)c1cc(=O)cc[nH]1. The Balaban J connectivity index is 1.90. The van der Waals surface area contributed by atoms with Crippen molar-refractivity contribution in [3.05, 3.63) is 56.6 Å². The summed E-state index contributed by atoms with van der Waals surface area (Å²) in [7, 11) is 0. The molecule has 0 radical (unpaired) electrons. The van der Waals surface area contributed by atoms with Crippen molar-refractivity contribution >= 4 is 24.1 Å². The maximum absolute atomic E-state index is 13.6. The standard InChI is InChI=1S/C26H36N6O11/c1-10(2)6-14(27)22(38)30-16(11(3)18(35)15-7-13(34)4-5-28-15)23(39)31-17(25(40)41)21-19(36)20(37)24(43-21)32-8-12(9-33)29-26(32)42/h4-5,7-11,14,16-21,24,35-37H,6,27H2,1-3H3,(H,28,34)(H,29,42)(H,30,38)(H,31,39)(H,40,41)/t11-,14-,16-,17+,18-,19-,20+,21+,24?/m0/s1. The molecule has 17 heteroatoms. The molecule has 0 aromatic carbocycles. The quantitative estimate of drug-likeness (QED) is 0.104. The van der Waals surface area contributed by atoms with Gasteiger partial charge in [-0.15, -0.1) is 0 Å². The number of amides is 2. The van der Waals surface area contributed by atoms with E-state index in [4.69, 9.17) is 10.5 Å². The van der Waals surface area contributed by atoms with Crippen LogP contribution in [0, 0.1) is 11.8 Å². The van der Waals surface area contributed by atoms with Gasteiger partial charge < -0.3 is 51.5 Å². The van der Waals surface area contributed by atoms with Gasteiger partial charge in [0.15, 0.2) is 24.0 Å². The molecule has 0 spiro atoms. The van der Waals surface area contributed by atoms with Gasteiger partial charge in [-0.05, 0) is 12.3 Å². The molecule has 0 saturated carbocycles. The van der Waals surface area contributed by atoms with Gasteiger partial charge in [-0.3, -0.25) is 23.7 Å². The number of nitrogens with zero attached hydrogens (tertiary/aromatic N) is 1.